The average molecular weight is 332 g/mol. The minimum atomic E-state index is -0.444. The van der Waals surface area contributed by atoms with Gasteiger partial charge in [-0.3, -0.25) is 10.0 Å². The monoisotopic (exact) mass is 332 g/mol. The number of fused-ring (bicyclic) bond motifs is 1. The molecule has 0 radical (unpaired) electrons. The van der Waals surface area contributed by atoms with Crippen LogP contribution in [-0.2, 0) is 9.53 Å². The van der Waals surface area contributed by atoms with E-state index in [1.54, 1.807) is 5.48 Å². The average Bonchev–Trinajstić information content (AvgIpc) is 2.62. The zero-order chi connectivity index (χ0) is 16.1. The summed E-state index contributed by atoms with van der Waals surface area (Å²) < 4.78 is 8.56. The second kappa shape index (κ2) is 7.79. The normalized spacial score (nSPS) is 17.1. The van der Waals surface area contributed by atoms with E-state index >= 15 is 0 Å². The molecular formula is C17H20N2O3S. The molecule has 0 bridgehead atoms. The van der Waals surface area contributed by atoms with Gasteiger partial charge in [-0.05, 0) is 53.6 Å². The molecule has 0 aliphatic carbocycles. The molecule has 0 spiro atoms. The maximum Gasteiger partial charge on any atom is 0.261 e. The Labute approximate surface area is 139 Å². The molecule has 1 aliphatic heterocycles. The van der Waals surface area contributed by atoms with Crippen LogP contribution in [0.5, 0.6) is 0 Å². The third kappa shape index (κ3) is 4.03. The van der Waals surface area contributed by atoms with Gasteiger partial charge in [-0.1, -0.05) is 30.3 Å². The van der Waals surface area contributed by atoms with E-state index in [1.807, 2.05) is 18.2 Å². The van der Waals surface area contributed by atoms with E-state index in [9.17, 15) is 4.79 Å². The lowest BCUT2D eigenvalue weighted by Crippen LogP contribution is -2.47. The second-order valence-corrected chi connectivity index (χ2v) is 6.54. The standard InChI is InChI=1S/C17H20N2O3S/c20-17(18-21)16(13-7-9-22-10-8-13)19-23-15-6-5-12-3-1-2-4-14(12)11-15/h1-6,11,13,16,19,21H,7-10H2,(H,18,20). The van der Waals surface area contributed by atoms with Crippen LogP contribution in [0.2, 0.25) is 0 Å². The van der Waals surface area contributed by atoms with Gasteiger partial charge in [0.1, 0.15) is 6.04 Å². The number of nitrogens with one attached hydrogen (secondary N) is 2. The molecule has 5 nitrogen and oxygen atoms in total. The topological polar surface area (TPSA) is 70.6 Å². The summed E-state index contributed by atoms with van der Waals surface area (Å²) in [5.74, 6) is -0.242. The lowest BCUT2D eigenvalue weighted by molar-refractivity contribution is -0.133. The summed E-state index contributed by atoms with van der Waals surface area (Å²) in [5, 5.41) is 11.3. The fraction of sp³-hybridized carbons (Fsp3) is 0.353. The van der Waals surface area contributed by atoms with Gasteiger partial charge in [0.15, 0.2) is 0 Å². The second-order valence-electron chi connectivity index (χ2n) is 5.63. The molecule has 2 aromatic carbocycles. The number of carbonyl (C=O) groups excluding carboxylic acids is 1. The molecule has 6 heteroatoms. The van der Waals surface area contributed by atoms with E-state index in [-0.39, 0.29) is 5.92 Å². The molecule has 0 aromatic heterocycles. The Hall–Kier alpha value is -1.60. The van der Waals surface area contributed by atoms with Crippen molar-refractivity contribution < 1.29 is 14.7 Å². The van der Waals surface area contributed by atoms with Gasteiger partial charge in [-0.25, -0.2) is 10.2 Å². The van der Waals surface area contributed by atoms with Gasteiger partial charge in [0.05, 0.1) is 0 Å². The molecule has 0 saturated carbocycles. The van der Waals surface area contributed by atoms with E-state index < -0.39 is 11.9 Å². The van der Waals surface area contributed by atoms with Crippen molar-refractivity contribution in [1.82, 2.24) is 10.2 Å². The van der Waals surface area contributed by atoms with Crippen molar-refractivity contribution in [1.29, 1.82) is 0 Å². The molecule has 23 heavy (non-hydrogen) atoms. The first-order chi connectivity index (χ1) is 11.3. The van der Waals surface area contributed by atoms with Crippen LogP contribution in [0.4, 0.5) is 0 Å². The zero-order valence-electron chi connectivity index (χ0n) is 12.7. The minimum Gasteiger partial charge on any atom is -0.381 e. The van der Waals surface area contributed by atoms with Crippen LogP contribution in [0.25, 0.3) is 10.8 Å². The zero-order valence-corrected chi connectivity index (χ0v) is 13.5. The highest BCUT2D eigenvalue weighted by atomic mass is 32.2. The Morgan fingerprint density at radius 1 is 1.17 bits per heavy atom. The molecule has 1 aliphatic rings. The Kier molecular flexibility index (Phi) is 5.51. The number of hydrogen-bond donors (Lipinski definition) is 3. The van der Waals surface area contributed by atoms with Crippen LogP contribution in [0.3, 0.4) is 0 Å². The summed E-state index contributed by atoms with van der Waals surface area (Å²) >= 11 is 1.42. The van der Waals surface area contributed by atoms with Gasteiger partial charge in [0.2, 0.25) is 0 Å². The van der Waals surface area contributed by atoms with Crippen LogP contribution < -0.4 is 10.2 Å². The fourth-order valence-corrected chi connectivity index (χ4v) is 3.73. The minimum absolute atomic E-state index is 0.156. The van der Waals surface area contributed by atoms with Crippen molar-refractivity contribution >= 4 is 28.6 Å². The molecule has 1 saturated heterocycles. The summed E-state index contributed by atoms with van der Waals surface area (Å²) in [6.07, 6.45) is 1.62. The number of benzene rings is 2. The molecule has 1 atom stereocenters. The Bertz CT molecular complexity index is 674. The van der Waals surface area contributed by atoms with Gasteiger partial charge in [0, 0.05) is 18.1 Å². The van der Waals surface area contributed by atoms with Gasteiger partial charge in [-0.2, -0.15) is 0 Å². The molecule has 2 aromatic rings. The summed E-state index contributed by atoms with van der Waals surface area (Å²) in [6, 6.07) is 13.9. The van der Waals surface area contributed by atoms with Crippen molar-refractivity contribution in [3.05, 3.63) is 42.5 Å². The Morgan fingerprint density at radius 3 is 2.65 bits per heavy atom. The van der Waals surface area contributed by atoms with Crippen molar-refractivity contribution in [2.75, 3.05) is 13.2 Å². The number of ether oxygens (including phenoxy) is 1. The Morgan fingerprint density at radius 2 is 1.91 bits per heavy atom. The number of carbonyl (C=O) groups is 1. The van der Waals surface area contributed by atoms with Crippen molar-refractivity contribution in [2.24, 2.45) is 5.92 Å². The van der Waals surface area contributed by atoms with Gasteiger partial charge in [-0.15, -0.1) is 0 Å². The van der Waals surface area contributed by atoms with Crippen molar-refractivity contribution in [3.63, 3.8) is 0 Å². The molecular weight excluding hydrogens is 312 g/mol. The molecule has 3 rings (SSSR count). The van der Waals surface area contributed by atoms with E-state index in [4.69, 9.17) is 9.94 Å². The first-order valence-electron chi connectivity index (χ1n) is 7.71. The third-order valence-corrected chi connectivity index (χ3v) is 5.02. The predicted octanol–water partition coefficient (Wildman–Crippen LogP) is 2.74. The number of rotatable bonds is 5. The quantitative estimate of drug-likeness (QED) is 0.446. The predicted molar refractivity (Wildman–Crippen MR) is 90.2 cm³/mol. The van der Waals surface area contributed by atoms with E-state index in [1.165, 1.54) is 17.3 Å². The van der Waals surface area contributed by atoms with Gasteiger partial charge >= 0.3 is 0 Å². The van der Waals surface area contributed by atoms with Gasteiger partial charge in [0.25, 0.3) is 5.91 Å². The van der Waals surface area contributed by atoms with Crippen LogP contribution in [0.15, 0.2) is 47.4 Å². The molecule has 122 valence electrons. The van der Waals surface area contributed by atoms with E-state index in [2.05, 4.69) is 29.0 Å². The van der Waals surface area contributed by atoms with Crippen LogP contribution in [0.1, 0.15) is 12.8 Å². The Balaban J connectivity index is 1.70. The highest BCUT2D eigenvalue weighted by Gasteiger charge is 2.29. The molecule has 3 N–H and O–H groups in total. The number of hydroxylamine groups is 1. The summed E-state index contributed by atoms with van der Waals surface area (Å²) in [5.41, 5.74) is 1.77. The fourth-order valence-electron chi connectivity index (χ4n) is 2.84. The third-order valence-electron chi connectivity index (χ3n) is 4.15. The van der Waals surface area contributed by atoms with Gasteiger partial charge < -0.3 is 4.74 Å². The highest BCUT2D eigenvalue weighted by Crippen LogP contribution is 2.25. The van der Waals surface area contributed by atoms with E-state index in [0.29, 0.717) is 13.2 Å². The first-order valence-corrected chi connectivity index (χ1v) is 8.52. The largest absolute Gasteiger partial charge is 0.381 e. The first kappa shape index (κ1) is 16.3. The van der Waals surface area contributed by atoms with Crippen LogP contribution in [-0.4, -0.2) is 30.4 Å². The maximum absolute atomic E-state index is 12.0. The van der Waals surface area contributed by atoms with Crippen LogP contribution >= 0.6 is 11.9 Å². The summed E-state index contributed by atoms with van der Waals surface area (Å²) in [7, 11) is 0. The van der Waals surface area contributed by atoms with Crippen molar-refractivity contribution in [3.8, 4) is 0 Å². The SMILES string of the molecule is O=C(NO)C(NSc1ccc2ccccc2c1)C1CCOCC1. The summed E-state index contributed by atoms with van der Waals surface area (Å²) in [4.78, 5) is 13.0. The van der Waals surface area contributed by atoms with E-state index in [0.717, 1.165) is 23.1 Å². The summed E-state index contributed by atoms with van der Waals surface area (Å²) in [6.45, 7) is 1.31. The van der Waals surface area contributed by atoms with Crippen molar-refractivity contribution in [2.45, 2.75) is 23.8 Å². The lowest BCUT2D eigenvalue weighted by Gasteiger charge is -2.29. The lowest BCUT2D eigenvalue weighted by atomic mass is 9.92. The maximum atomic E-state index is 12.0. The smallest absolute Gasteiger partial charge is 0.261 e. The highest BCUT2D eigenvalue weighted by molar-refractivity contribution is 7.97. The number of amides is 1. The molecule has 1 amide bonds. The van der Waals surface area contributed by atoms with Crippen LogP contribution in [0, 0.1) is 5.92 Å². The molecule has 1 heterocycles. The number of hydrogen-bond acceptors (Lipinski definition) is 5. The molecule has 1 unspecified atom stereocenters. The molecule has 1 fully saturated rings.